The van der Waals surface area contributed by atoms with Gasteiger partial charge in [-0.15, -0.1) is 0 Å². The number of halogens is 2. The molecule has 1 amide bonds. The monoisotopic (exact) mass is 479 g/mol. The van der Waals surface area contributed by atoms with Crippen molar-refractivity contribution in [1.82, 2.24) is 14.9 Å². The number of benzene rings is 2. The second-order valence-electron chi connectivity index (χ2n) is 9.02. The number of nitrogens with zero attached hydrogens (tertiary/aromatic N) is 5. The lowest BCUT2D eigenvalue weighted by atomic mass is 10.0. The summed E-state index contributed by atoms with van der Waals surface area (Å²) in [6.45, 7) is 3.92. The van der Waals surface area contributed by atoms with Crippen LogP contribution in [0.1, 0.15) is 26.2 Å². The standard InChI is InChI=1S/C26H27ClFN5O/c1-3-26(34)32-9-8-17(15-32)10-25-30-31(2)16-33(25)24-7-6-18(12-22(24)28)19-4-5-20-11-21(27)14-29-23(20)13-19/h4-7,11-14,17H,3,8-10,15-16H2,1-2H3. The van der Waals surface area contributed by atoms with Gasteiger partial charge in [-0.1, -0.05) is 36.7 Å². The van der Waals surface area contributed by atoms with Crippen molar-refractivity contribution in [3.8, 4) is 11.1 Å². The van der Waals surface area contributed by atoms with Gasteiger partial charge in [0.25, 0.3) is 0 Å². The number of anilines is 1. The Balaban J connectivity index is 1.36. The first-order valence-corrected chi connectivity index (χ1v) is 12.0. The predicted octanol–water partition coefficient (Wildman–Crippen LogP) is 5.37. The highest BCUT2D eigenvalue weighted by Crippen LogP contribution is 2.32. The van der Waals surface area contributed by atoms with Gasteiger partial charge in [0.1, 0.15) is 18.3 Å². The predicted molar refractivity (Wildman–Crippen MR) is 134 cm³/mol. The Morgan fingerprint density at radius 3 is 2.76 bits per heavy atom. The van der Waals surface area contributed by atoms with E-state index in [0.29, 0.717) is 29.7 Å². The van der Waals surface area contributed by atoms with Gasteiger partial charge in [0.15, 0.2) is 0 Å². The average molecular weight is 480 g/mol. The van der Waals surface area contributed by atoms with Crippen LogP contribution in [0.3, 0.4) is 0 Å². The molecule has 0 N–H and O–H groups in total. The fourth-order valence-corrected chi connectivity index (χ4v) is 4.99. The number of hydrogen-bond donors (Lipinski definition) is 0. The van der Waals surface area contributed by atoms with E-state index in [2.05, 4.69) is 10.1 Å². The first-order valence-electron chi connectivity index (χ1n) is 11.6. The second kappa shape index (κ2) is 9.22. The van der Waals surface area contributed by atoms with E-state index in [9.17, 15) is 4.79 Å². The van der Waals surface area contributed by atoms with Crippen LogP contribution in [0, 0.1) is 11.7 Å². The lowest BCUT2D eigenvalue weighted by Gasteiger charge is -2.23. The third kappa shape index (κ3) is 4.44. The molecule has 2 aromatic carbocycles. The highest BCUT2D eigenvalue weighted by Gasteiger charge is 2.31. The number of fused-ring (bicyclic) bond motifs is 1. The lowest BCUT2D eigenvalue weighted by Crippen LogP contribution is -2.33. The summed E-state index contributed by atoms with van der Waals surface area (Å²) in [5.41, 5.74) is 3.01. The number of likely N-dealkylation sites (tertiary alicyclic amines) is 1. The number of hydrazone groups is 1. The Bertz CT molecular complexity index is 1280. The summed E-state index contributed by atoms with van der Waals surface area (Å²) in [4.78, 5) is 20.3. The van der Waals surface area contributed by atoms with Crippen molar-refractivity contribution in [3.63, 3.8) is 0 Å². The minimum absolute atomic E-state index is 0.193. The van der Waals surface area contributed by atoms with Gasteiger partial charge in [-0.05, 0) is 47.7 Å². The molecule has 3 heterocycles. The van der Waals surface area contributed by atoms with Gasteiger partial charge in [-0.25, -0.2) is 4.39 Å². The quantitative estimate of drug-likeness (QED) is 0.494. The molecule has 3 aromatic rings. The van der Waals surface area contributed by atoms with Crippen LogP contribution >= 0.6 is 11.6 Å². The van der Waals surface area contributed by atoms with Crippen molar-refractivity contribution >= 4 is 39.9 Å². The number of amidine groups is 1. The summed E-state index contributed by atoms with van der Waals surface area (Å²) in [6.07, 6.45) is 3.81. The van der Waals surface area contributed by atoms with Gasteiger partial charge in [0, 0.05) is 44.6 Å². The number of hydrogen-bond acceptors (Lipinski definition) is 5. The normalized spacial score (nSPS) is 18.2. The third-order valence-corrected chi connectivity index (χ3v) is 6.79. The van der Waals surface area contributed by atoms with E-state index >= 15 is 4.39 Å². The van der Waals surface area contributed by atoms with E-state index in [-0.39, 0.29) is 11.7 Å². The average Bonchev–Trinajstić information content (AvgIpc) is 3.44. The molecule has 2 aliphatic rings. The van der Waals surface area contributed by atoms with Gasteiger partial charge in [-0.3, -0.25) is 14.8 Å². The topological polar surface area (TPSA) is 52.0 Å². The molecule has 1 aromatic heterocycles. The first-order chi connectivity index (χ1) is 16.4. The zero-order chi connectivity index (χ0) is 23.8. The van der Waals surface area contributed by atoms with Crippen molar-refractivity contribution in [1.29, 1.82) is 0 Å². The third-order valence-electron chi connectivity index (χ3n) is 6.58. The molecule has 6 nitrogen and oxygen atoms in total. The van der Waals surface area contributed by atoms with Crippen molar-refractivity contribution in [2.45, 2.75) is 26.2 Å². The highest BCUT2D eigenvalue weighted by molar-refractivity contribution is 6.31. The molecule has 34 heavy (non-hydrogen) atoms. The van der Waals surface area contributed by atoms with Gasteiger partial charge in [0.05, 0.1) is 16.2 Å². The van der Waals surface area contributed by atoms with Crippen LogP contribution in [0.5, 0.6) is 0 Å². The largest absolute Gasteiger partial charge is 0.342 e. The molecular formula is C26H27ClFN5O. The van der Waals surface area contributed by atoms with E-state index in [1.807, 2.05) is 65.2 Å². The van der Waals surface area contributed by atoms with Crippen LogP contribution in [0.15, 0.2) is 53.8 Å². The molecule has 8 heteroatoms. The lowest BCUT2D eigenvalue weighted by molar-refractivity contribution is -0.129. The van der Waals surface area contributed by atoms with Crippen LogP contribution < -0.4 is 4.90 Å². The molecule has 0 aliphatic carbocycles. The summed E-state index contributed by atoms with van der Waals surface area (Å²) in [5.74, 6) is 1.08. The molecule has 1 saturated heterocycles. The van der Waals surface area contributed by atoms with Crippen molar-refractivity contribution in [2.24, 2.45) is 11.0 Å². The van der Waals surface area contributed by atoms with Gasteiger partial charge in [0.2, 0.25) is 5.91 Å². The second-order valence-corrected chi connectivity index (χ2v) is 9.46. The van der Waals surface area contributed by atoms with Crippen molar-refractivity contribution in [3.05, 3.63) is 59.5 Å². The summed E-state index contributed by atoms with van der Waals surface area (Å²) >= 11 is 6.03. The molecule has 0 spiro atoms. The Hall–Kier alpha value is -3.19. The van der Waals surface area contributed by atoms with Crippen LogP contribution in [0.25, 0.3) is 22.0 Å². The zero-order valence-corrected chi connectivity index (χ0v) is 20.1. The van der Waals surface area contributed by atoms with E-state index in [1.165, 1.54) is 0 Å². The van der Waals surface area contributed by atoms with Gasteiger partial charge in [-0.2, -0.15) is 5.10 Å². The fourth-order valence-electron chi connectivity index (χ4n) is 4.82. The molecule has 0 saturated carbocycles. The minimum Gasteiger partial charge on any atom is -0.342 e. The molecule has 0 radical (unpaired) electrons. The molecule has 1 fully saturated rings. The van der Waals surface area contributed by atoms with Gasteiger partial charge < -0.3 is 9.80 Å². The SMILES string of the molecule is CCC(=O)N1CCC(CC2=NN(C)CN2c2ccc(-c3ccc4cc(Cl)cnc4c3)cc2F)C1. The first kappa shape index (κ1) is 22.6. The Morgan fingerprint density at radius 2 is 1.97 bits per heavy atom. The zero-order valence-electron chi connectivity index (χ0n) is 19.3. The molecule has 1 unspecified atom stereocenters. The molecule has 1 atom stereocenters. The molecule has 0 bridgehead atoms. The Kier molecular flexibility index (Phi) is 6.13. The van der Waals surface area contributed by atoms with Crippen LogP contribution in [-0.2, 0) is 4.79 Å². The number of carbonyl (C=O) groups is 1. The fraction of sp³-hybridized carbons (Fsp3) is 0.346. The molecular weight excluding hydrogens is 453 g/mol. The van der Waals surface area contributed by atoms with Crippen molar-refractivity contribution < 1.29 is 9.18 Å². The number of aromatic nitrogens is 1. The Morgan fingerprint density at radius 1 is 1.18 bits per heavy atom. The summed E-state index contributed by atoms with van der Waals surface area (Å²) in [7, 11) is 1.89. The number of pyridine rings is 1. The van der Waals surface area contributed by atoms with E-state index in [1.54, 1.807) is 12.3 Å². The maximum Gasteiger partial charge on any atom is 0.222 e. The molecule has 5 rings (SSSR count). The number of amides is 1. The van der Waals surface area contributed by atoms with E-state index < -0.39 is 0 Å². The highest BCUT2D eigenvalue weighted by atomic mass is 35.5. The summed E-state index contributed by atoms with van der Waals surface area (Å²) in [5, 5.41) is 8.01. The smallest absolute Gasteiger partial charge is 0.222 e. The van der Waals surface area contributed by atoms with Crippen LogP contribution in [0.2, 0.25) is 5.02 Å². The molecule has 176 valence electrons. The van der Waals surface area contributed by atoms with Crippen LogP contribution in [-0.4, -0.2) is 53.4 Å². The Labute approximate surface area is 203 Å². The maximum atomic E-state index is 15.4. The maximum absolute atomic E-state index is 15.4. The van der Waals surface area contributed by atoms with Crippen LogP contribution in [0.4, 0.5) is 10.1 Å². The summed E-state index contributed by atoms with van der Waals surface area (Å²) in [6, 6.07) is 13.0. The van der Waals surface area contributed by atoms with E-state index in [4.69, 9.17) is 11.6 Å². The van der Waals surface area contributed by atoms with Crippen molar-refractivity contribution in [2.75, 3.05) is 31.7 Å². The minimum atomic E-state index is -0.293. The molecule has 2 aliphatic heterocycles. The van der Waals surface area contributed by atoms with Gasteiger partial charge >= 0.3 is 0 Å². The van der Waals surface area contributed by atoms with E-state index in [0.717, 1.165) is 53.8 Å². The number of rotatable bonds is 5. The summed E-state index contributed by atoms with van der Waals surface area (Å²) < 4.78 is 15.4. The number of carbonyl (C=O) groups excluding carboxylic acids is 1.